The van der Waals surface area contributed by atoms with Crippen molar-refractivity contribution in [2.45, 2.75) is 43.9 Å². The first-order valence-corrected chi connectivity index (χ1v) is 11.6. The van der Waals surface area contributed by atoms with Gasteiger partial charge in [0.05, 0.1) is 18.9 Å². The SMILES string of the molecule is COC(=O)c1cccc(NC(=O)/C=C/Oc2ccc(C34CC5CC(CC(C5)C3)C4)cc2F)c1. The maximum Gasteiger partial charge on any atom is 0.337 e. The Labute approximate surface area is 193 Å². The number of hydrogen-bond donors (Lipinski definition) is 1. The minimum atomic E-state index is -0.488. The van der Waals surface area contributed by atoms with Crippen molar-refractivity contribution in [2.75, 3.05) is 12.4 Å². The van der Waals surface area contributed by atoms with Crippen molar-refractivity contribution in [2.24, 2.45) is 17.8 Å². The van der Waals surface area contributed by atoms with Gasteiger partial charge in [-0.3, -0.25) is 4.79 Å². The Morgan fingerprint density at radius 3 is 2.36 bits per heavy atom. The molecule has 4 saturated carbocycles. The first-order valence-electron chi connectivity index (χ1n) is 11.6. The standard InChI is InChI=1S/C27H28FNO4/c1-32-26(31)20-3-2-4-22(12-20)29-25(30)7-8-33-24-6-5-21(13-23(24)28)27-14-17-9-18(15-27)11-19(10-17)16-27/h2-8,12-13,17-19H,9-11,14-16H2,1H3,(H,29,30)/b8-7+. The monoisotopic (exact) mass is 449 g/mol. The molecule has 0 heterocycles. The summed E-state index contributed by atoms with van der Waals surface area (Å²) >= 11 is 0. The van der Waals surface area contributed by atoms with Crippen LogP contribution in [0.4, 0.5) is 10.1 Å². The smallest absolute Gasteiger partial charge is 0.337 e. The van der Waals surface area contributed by atoms with Crippen LogP contribution < -0.4 is 10.1 Å². The zero-order valence-corrected chi connectivity index (χ0v) is 18.7. The fourth-order valence-corrected chi connectivity index (χ4v) is 6.59. The average Bonchev–Trinajstić information content (AvgIpc) is 2.79. The molecule has 4 fully saturated rings. The number of methoxy groups -OCH3 is 1. The topological polar surface area (TPSA) is 64.6 Å². The van der Waals surface area contributed by atoms with Crippen LogP contribution in [0, 0.1) is 23.6 Å². The summed E-state index contributed by atoms with van der Waals surface area (Å²) in [6, 6.07) is 11.7. The van der Waals surface area contributed by atoms with E-state index in [4.69, 9.17) is 4.74 Å². The van der Waals surface area contributed by atoms with Gasteiger partial charge in [-0.15, -0.1) is 0 Å². The number of halogens is 1. The van der Waals surface area contributed by atoms with Crippen LogP contribution in [0.1, 0.15) is 54.4 Å². The highest BCUT2D eigenvalue weighted by molar-refractivity contribution is 6.00. The van der Waals surface area contributed by atoms with Gasteiger partial charge in [0.25, 0.3) is 5.91 Å². The molecule has 2 aromatic carbocycles. The molecule has 0 radical (unpaired) electrons. The van der Waals surface area contributed by atoms with Crippen LogP contribution in [0.5, 0.6) is 5.75 Å². The fraction of sp³-hybridized carbons (Fsp3) is 0.407. The first kappa shape index (κ1) is 21.7. The molecule has 0 aromatic heterocycles. The molecule has 2 aromatic rings. The maximum atomic E-state index is 14.9. The molecule has 0 aliphatic heterocycles. The van der Waals surface area contributed by atoms with Crippen molar-refractivity contribution < 1.29 is 23.5 Å². The summed E-state index contributed by atoms with van der Waals surface area (Å²) in [4.78, 5) is 23.8. The summed E-state index contributed by atoms with van der Waals surface area (Å²) in [7, 11) is 1.29. The van der Waals surface area contributed by atoms with Crippen LogP contribution in [0.3, 0.4) is 0 Å². The lowest BCUT2D eigenvalue weighted by Gasteiger charge is -2.57. The van der Waals surface area contributed by atoms with Gasteiger partial charge in [0.15, 0.2) is 11.6 Å². The van der Waals surface area contributed by atoms with Gasteiger partial charge >= 0.3 is 5.97 Å². The van der Waals surface area contributed by atoms with Crippen LogP contribution in [-0.2, 0) is 14.9 Å². The molecule has 1 amide bonds. The summed E-state index contributed by atoms with van der Waals surface area (Å²) in [5, 5.41) is 2.64. The Kier molecular flexibility index (Phi) is 5.69. The number of esters is 1. The Bertz CT molecular complexity index is 1070. The van der Waals surface area contributed by atoms with E-state index in [9.17, 15) is 14.0 Å². The second-order valence-corrected chi connectivity index (χ2v) is 9.83. The van der Waals surface area contributed by atoms with Crippen LogP contribution in [0.25, 0.3) is 0 Å². The number of nitrogens with one attached hydrogen (secondary N) is 1. The van der Waals surface area contributed by atoms with Crippen molar-refractivity contribution in [3.05, 3.63) is 71.7 Å². The molecule has 172 valence electrons. The molecular formula is C27H28FNO4. The quantitative estimate of drug-likeness (QED) is 0.354. The second-order valence-electron chi connectivity index (χ2n) is 9.83. The third kappa shape index (κ3) is 4.39. The van der Waals surface area contributed by atoms with E-state index in [0.29, 0.717) is 11.3 Å². The highest BCUT2D eigenvalue weighted by Gasteiger charge is 2.51. The van der Waals surface area contributed by atoms with Gasteiger partial charge in [0.1, 0.15) is 0 Å². The molecule has 0 unspecified atom stereocenters. The number of rotatable bonds is 6. The molecule has 4 bridgehead atoms. The van der Waals surface area contributed by atoms with Crippen molar-refractivity contribution in [1.82, 2.24) is 0 Å². The lowest BCUT2D eigenvalue weighted by atomic mass is 9.48. The number of amides is 1. The van der Waals surface area contributed by atoms with Crippen LogP contribution >= 0.6 is 0 Å². The van der Waals surface area contributed by atoms with E-state index in [0.717, 1.165) is 23.3 Å². The normalized spacial score (nSPS) is 27.5. The third-order valence-corrected chi connectivity index (χ3v) is 7.55. The minimum absolute atomic E-state index is 0.0974. The van der Waals surface area contributed by atoms with Gasteiger partial charge in [-0.05, 0) is 97.6 Å². The van der Waals surface area contributed by atoms with Gasteiger partial charge in [0.2, 0.25) is 0 Å². The van der Waals surface area contributed by atoms with E-state index >= 15 is 0 Å². The van der Waals surface area contributed by atoms with E-state index in [1.807, 2.05) is 6.07 Å². The summed E-state index contributed by atoms with van der Waals surface area (Å²) in [6.45, 7) is 0. The molecule has 4 aliphatic rings. The molecular weight excluding hydrogens is 421 g/mol. The lowest BCUT2D eigenvalue weighted by molar-refractivity contribution is -0.112. The van der Waals surface area contributed by atoms with Crippen LogP contribution in [0.2, 0.25) is 0 Å². The zero-order chi connectivity index (χ0) is 23.0. The van der Waals surface area contributed by atoms with Gasteiger partial charge in [-0.2, -0.15) is 0 Å². The van der Waals surface area contributed by atoms with Gasteiger partial charge in [0, 0.05) is 11.8 Å². The van der Waals surface area contributed by atoms with Crippen molar-refractivity contribution in [3.8, 4) is 5.75 Å². The zero-order valence-electron chi connectivity index (χ0n) is 18.7. The van der Waals surface area contributed by atoms with Crippen molar-refractivity contribution in [3.63, 3.8) is 0 Å². The predicted octanol–water partition coefficient (Wildman–Crippen LogP) is 5.61. The summed E-state index contributed by atoms with van der Waals surface area (Å²) < 4.78 is 24.9. The molecule has 6 heteroatoms. The van der Waals surface area contributed by atoms with Gasteiger partial charge < -0.3 is 14.8 Å². The van der Waals surface area contributed by atoms with E-state index in [1.165, 1.54) is 64.0 Å². The number of ether oxygens (including phenoxy) is 2. The predicted molar refractivity (Wildman–Crippen MR) is 122 cm³/mol. The highest BCUT2D eigenvalue weighted by atomic mass is 19.1. The third-order valence-electron chi connectivity index (χ3n) is 7.55. The Morgan fingerprint density at radius 1 is 1.03 bits per heavy atom. The molecule has 0 spiro atoms. The number of carbonyl (C=O) groups is 2. The maximum absolute atomic E-state index is 14.9. The first-order chi connectivity index (χ1) is 15.9. The number of carbonyl (C=O) groups excluding carboxylic acids is 2. The average molecular weight is 450 g/mol. The van der Waals surface area contributed by atoms with E-state index in [-0.39, 0.29) is 11.2 Å². The van der Waals surface area contributed by atoms with E-state index in [1.54, 1.807) is 30.3 Å². The molecule has 0 atom stereocenters. The summed E-state index contributed by atoms with van der Waals surface area (Å²) in [5.74, 6) is 1.14. The van der Waals surface area contributed by atoms with E-state index in [2.05, 4.69) is 10.1 Å². The molecule has 4 aliphatic carbocycles. The van der Waals surface area contributed by atoms with Gasteiger partial charge in [-0.1, -0.05) is 12.1 Å². The highest BCUT2D eigenvalue weighted by Crippen LogP contribution is 2.60. The van der Waals surface area contributed by atoms with Crippen molar-refractivity contribution >= 4 is 17.6 Å². The largest absolute Gasteiger partial charge is 0.465 e. The Hall–Kier alpha value is -3.15. The van der Waals surface area contributed by atoms with Crippen LogP contribution in [-0.4, -0.2) is 19.0 Å². The number of hydrogen-bond acceptors (Lipinski definition) is 4. The molecule has 0 saturated heterocycles. The number of benzene rings is 2. The second kappa shape index (κ2) is 8.65. The minimum Gasteiger partial charge on any atom is -0.465 e. The molecule has 6 rings (SSSR count). The Morgan fingerprint density at radius 2 is 1.73 bits per heavy atom. The van der Waals surface area contributed by atoms with Gasteiger partial charge in [-0.25, -0.2) is 9.18 Å². The summed E-state index contributed by atoms with van der Waals surface area (Å²) in [6.07, 6.45) is 9.93. The number of anilines is 1. The molecule has 1 N–H and O–H groups in total. The fourth-order valence-electron chi connectivity index (χ4n) is 6.59. The van der Waals surface area contributed by atoms with E-state index < -0.39 is 17.7 Å². The molecule has 5 nitrogen and oxygen atoms in total. The van der Waals surface area contributed by atoms with Crippen molar-refractivity contribution in [1.29, 1.82) is 0 Å². The van der Waals surface area contributed by atoms with Crippen LogP contribution in [0.15, 0.2) is 54.8 Å². The summed E-state index contributed by atoms with van der Waals surface area (Å²) in [5.41, 5.74) is 2.00. The molecule has 33 heavy (non-hydrogen) atoms. The Balaban J connectivity index is 1.22. The lowest BCUT2D eigenvalue weighted by Crippen LogP contribution is -2.48.